The second kappa shape index (κ2) is 13.4. The van der Waals surface area contributed by atoms with Crippen LogP contribution in [0, 0.1) is 22.7 Å². The van der Waals surface area contributed by atoms with Crippen molar-refractivity contribution in [2.24, 2.45) is 22.7 Å². The largest absolute Gasteiger partial charge is 0.394 e. The lowest BCUT2D eigenvalue weighted by Gasteiger charge is -2.62. The summed E-state index contributed by atoms with van der Waals surface area (Å²) in [4.78, 5) is 0. The first-order valence-corrected chi connectivity index (χ1v) is 16.1. The second-order valence-electron chi connectivity index (χ2n) is 14.9. The number of hydrogen-bond donors (Lipinski definition) is 8. The Balaban J connectivity index is 1.48. The predicted octanol–water partition coefficient (Wildman–Crippen LogP) is 0.346. The molecule has 2 aliphatic heterocycles. The molecule has 0 aromatic rings. The van der Waals surface area contributed by atoms with Gasteiger partial charge in [0.15, 0.2) is 12.6 Å². The maximum atomic E-state index is 11.8. The van der Waals surface area contributed by atoms with Gasteiger partial charge in [-0.1, -0.05) is 26.3 Å². The summed E-state index contributed by atoms with van der Waals surface area (Å²) >= 11 is 0. The van der Waals surface area contributed by atoms with Crippen molar-refractivity contribution in [3.63, 3.8) is 0 Å². The molecule has 4 rings (SSSR count). The van der Waals surface area contributed by atoms with Crippen molar-refractivity contribution < 1.29 is 59.8 Å². The molecule has 0 aromatic heterocycles. The summed E-state index contributed by atoms with van der Waals surface area (Å²) in [6.07, 6.45) is -6.05. The molecule has 16 atom stereocenters. The Kier molecular flexibility index (Phi) is 11.0. The van der Waals surface area contributed by atoms with Crippen LogP contribution < -0.4 is 0 Å². The molecule has 8 N–H and O–H groups in total. The van der Waals surface area contributed by atoms with Crippen LogP contribution in [-0.4, -0.2) is 127 Å². The highest BCUT2D eigenvalue weighted by molar-refractivity contribution is 5.09. The smallest absolute Gasteiger partial charge is 0.187 e. The van der Waals surface area contributed by atoms with Gasteiger partial charge in [-0.25, -0.2) is 0 Å². The van der Waals surface area contributed by atoms with Crippen LogP contribution in [0.4, 0.5) is 0 Å². The number of ether oxygens (including phenoxy) is 4. The van der Waals surface area contributed by atoms with Gasteiger partial charge in [0.1, 0.15) is 42.7 Å². The fourth-order valence-electron chi connectivity index (χ4n) is 8.74. The molecule has 2 saturated carbocycles. The average Bonchev–Trinajstić information content (AvgIpc) is 2.96. The average molecular weight is 633 g/mol. The highest BCUT2D eigenvalue weighted by Gasteiger charge is 2.59. The Morgan fingerprint density at radius 1 is 0.886 bits per heavy atom. The minimum absolute atomic E-state index is 0.139. The first kappa shape index (κ1) is 36.1. The Morgan fingerprint density at radius 2 is 1.52 bits per heavy atom. The molecule has 0 radical (unpaired) electrons. The van der Waals surface area contributed by atoms with Crippen LogP contribution in [-0.2, 0) is 18.9 Å². The van der Waals surface area contributed by atoms with Gasteiger partial charge < -0.3 is 59.8 Å². The molecule has 0 bridgehead atoms. The van der Waals surface area contributed by atoms with E-state index >= 15 is 0 Å². The van der Waals surface area contributed by atoms with E-state index in [4.69, 9.17) is 18.9 Å². The van der Waals surface area contributed by atoms with Crippen LogP contribution in [0.15, 0.2) is 12.7 Å². The van der Waals surface area contributed by atoms with Crippen LogP contribution in [0.1, 0.15) is 79.6 Å². The topological polar surface area (TPSA) is 199 Å². The molecule has 2 aliphatic carbocycles. The monoisotopic (exact) mass is 632 g/mol. The quantitative estimate of drug-likeness (QED) is 0.154. The van der Waals surface area contributed by atoms with Crippen LogP contribution >= 0.6 is 0 Å². The molecular weight excluding hydrogens is 576 g/mol. The molecule has 0 aromatic carbocycles. The number of fused-ring (bicyclic) bond motifs is 1. The summed E-state index contributed by atoms with van der Waals surface area (Å²) in [6.45, 7) is 13.4. The lowest BCUT2D eigenvalue weighted by atomic mass is 9.44. The molecule has 4 aliphatic rings. The fourth-order valence-corrected chi connectivity index (χ4v) is 8.74. The number of aliphatic hydroxyl groups excluding tert-OH is 7. The summed E-state index contributed by atoms with van der Waals surface area (Å²) in [5, 5.41) is 83.1. The molecule has 44 heavy (non-hydrogen) atoms. The van der Waals surface area contributed by atoms with Gasteiger partial charge in [0.05, 0.1) is 30.5 Å². The molecule has 0 spiro atoms. The molecule has 4 fully saturated rings. The van der Waals surface area contributed by atoms with Gasteiger partial charge in [0, 0.05) is 0 Å². The van der Waals surface area contributed by atoms with Gasteiger partial charge in [-0.2, -0.15) is 0 Å². The summed E-state index contributed by atoms with van der Waals surface area (Å²) in [5.41, 5.74) is -2.57. The van der Waals surface area contributed by atoms with Crippen molar-refractivity contribution in [2.75, 3.05) is 13.2 Å². The number of hydrogen-bond acceptors (Lipinski definition) is 12. The van der Waals surface area contributed by atoms with Gasteiger partial charge >= 0.3 is 0 Å². The van der Waals surface area contributed by atoms with E-state index < -0.39 is 79.2 Å². The molecule has 12 heteroatoms. The Labute approximate surface area is 260 Å². The van der Waals surface area contributed by atoms with Crippen molar-refractivity contribution in [3.8, 4) is 0 Å². The van der Waals surface area contributed by atoms with Crippen molar-refractivity contribution >= 4 is 0 Å². The maximum Gasteiger partial charge on any atom is 0.187 e. The van der Waals surface area contributed by atoms with E-state index in [1.54, 1.807) is 19.9 Å². The maximum absolute atomic E-state index is 11.8. The SMILES string of the molecule is C=C[C@@](C)(CC[C@H]1[C@]2(C)CCC[C@@](C)(CO[C@H]3O[C@H](C)[C@@H](O)[C@H](O)[C@H]3O)[C@H]2CC[C@@]1(C)O)O[C@@H]1O[C@H](CO)[C@@H](O)[C@H](O)[C@H]1O. The minimum Gasteiger partial charge on any atom is -0.394 e. The van der Waals surface area contributed by atoms with Gasteiger partial charge in [-0.3, -0.25) is 0 Å². The minimum atomic E-state index is -1.56. The molecule has 0 unspecified atom stereocenters. The number of rotatable bonds is 10. The van der Waals surface area contributed by atoms with Gasteiger partial charge in [0.2, 0.25) is 0 Å². The lowest BCUT2D eigenvalue weighted by Crippen LogP contribution is -2.61. The standard InChI is InChI=1S/C32H56O12/c1-7-30(4,44-28-26(39)24(37)22(35)18(15-33)43-28)13-9-20-31(5)12-8-11-29(3,19(31)10-14-32(20,6)40)16-41-27-25(38)23(36)21(34)17(2)42-27/h7,17-28,33-40H,1,8-16H2,2-6H3/t17-,18-,19-,20+,21-,22-,23+,24+,25-,26-,27+,28+,29+,30+,31-,32-/m1/s1. The van der Waals surface area contributed by atoms with E-state index in [0.717, 1.165) is 25.7 Å². The summed E-state index contributed by atoms with van der Waals surface area (Å²) < 4.78 is 23.6. The molecule has 2 saturated heterocycles. The molecule has 2 heterocycles. The van der Waals surface area contributed by atoms with E-state index in [1.165, 1.54) is 0 Å². The molecule has 12 nitrogen and oxygen atoms in total. The van der Waals surface area contributed by atoms with Crippen LogP contribution in [0.25, 0.3) is 0 Å². The lowest BCUT2D eigenvalue weighted by molar-refractivity contribution is -0.320. The summed E-state index contributed by atoms with van der Waals surface area (Å²) in [7, 11) is 0. The van der Waals surface area contributed by atoms with Crippen LogP contribution in [0.3, 0.4) is 0 Å². The number of aliphatic hydroxyl groups is 8. The van der Waals surface area contributed by atoms with Gasteiger partial charge in [-0.15, -0.1) is 6.58 Å². The van der Waals surface area contributed by atoms with E-state index in [2.05, 4.69) is 20.4 Å². The van der Waals surface area contributed by atoms with Gasteiger partial charge in [0.25, 0.3) is 0 Å². The molecule has 256 valence electrons. The van der Waals surface area contributed by atoms with E-state index in [1.807, 2.05) is 6.92 Å². The van der Waals surface area contributed by atoms with E-state index in [-0.39, 0.29) is 29.3 Å². The van der Waals surface area contributed by atoms with Crippen molar-refractivity contribution in [1.29, 1.82) is 0 Å². The van der Waals surface area contributed by atoms with Gasteiger partial charge in [-0.05, 0) is 82.0 Å². The first-order chi connectivity index (χ1) is 20.4. The summed E-state index contributed by atoms with van der Waals surface area (Å²) in [6, 6.07) is 0. The Morgan fingerprint density at radius 3 is 2.16 bits per heavy atom. The van der Waals surface area contributed by atoms with Crippen molar-refractivity contribution in [3.05, 3.63) is 12.7 Å². The molecule has 0 amide bonds. The van der Waals surface area contributed by atoms with Crippen molar-refractivity contribution in [1.82, 2.24) is 0 Å². The third-order valence-electron chi connectivity index (χ3n) is 11.6. The highest BCUT2D eigenvalue weighted by atomic mass is 16.7. The zero-order chi connectivity index (χ0) is 32.8. The Bertz CT molecular complexity index is 979. The second-order valence-corrected chi connectivity index (χ2v) is 14.9. The Hall–Kier alpha value is -0.740. The van der Waals surface area contributed by atoms with Crippen molar-refractivity contribution in [2.45, 2.75) is 152 Å². The first-order valence-electron chi connectivity index (χ1n) is 16.1. The zero-order valence-electron chi connectivity index (χ0n) is 26.8. The van der Waals surface area contributed by atoms with E-state index in [0.29, 0.717) is 19.3 Å². The third-order valence-corrected chi connectivity index (χ3v) is 11.6. The normalized spacial score (nSPS) is 51.3. The fraction of sp³-hybridized carbons (Fsp3) is 0.938. The highest BCUT2D eigenvalue weighted by Crippen LogP contribution is 2.63. The zero-order valence-corrected chi connectivity index (χ0v) is 26.8. The third kappa shape index (κ3) is 6.79. The van der Waals surface area contributed by atoms with Crippen LogP contribution in [0.2, 0.25) is 0 Å². The summed E-state index contributed by atoms with van der Waals surface area (Å²) in [5.74, 6) is 0.0311. The van der Waals surface area contributed by atoms with Crippen LogP contribution in [0.5, 0.6) is 0 Å². The predicted molar refractivity (Wildman–Crippen MR) is 158 cm³/mol. The molecular formula is C32H56O12. The van der Waals surface area contributed by atoms with E-state index in [9.17, 15) is 40.9 Å².